The fraction of sp³-hybridized carbons (Fsp3) is 0.128. The normalized spacial score (nSPS) is 10.3. The van der Waals surface area contributed by atoms with Crippen LogP contribution in [0.3, 0.4) is 0 Å². The Hall–Kier alpha value is -3.80. The molecule has 52 heavy (non-hydrogen) atoms. The summed E-state index contributed by atoms with van der Waals surface area (Å²) in [5.74, 6) is 1.02. The van der Waals surface area contributed by atoms with Gasteiger partial charge in [0.05, 0.1) is 0 Å². The first-order chi connectivity index (χ1) is 23.7. The number of benzene rings is 6. The zero-order valence-corrected chi connectivity index (χ0v) is 34.1. The standard InChI is InChI=1S/C12H11N.2C12H9N.2C5H10.CH3.2Pd/c3*13-12-9-5-4-8-11(12)10-6-2-1-3-7-10;2*1-4-5(2)3;;;/h1-9H,13H2;2*1-6,8-9,13H;2*4-5H,2H2,1,3H3;1H3;;/q;4*-2;-1;;/p+1. The molecule has 0 saturated heterocycles. The molecule has 5 heteroatoms. The Balaban J connectivity index is 0. The maximum Gasteiger partial charge on any atom is 0.135 e. The van der Waals surface area contributed by atoms with E-state index in [2.05, 4.69) is 76.6 Å². The molecule has 2 unspecified atom stereocenters. The zero-order chi connectivity index (χ0) is 35.9. The van der Waals surface area contributed by atoms with Crippen LogP contribution < -0.4 is 5.73 Å². The van der Waals surface area contributed by atoms with E-state index in [0.717, 1.165) is 27.9 Å². The van der Waals surface area contributed by atoms with E-state index >= 15 is 0 Å². The van der Waals surface area contributed by atoms with Crippen LogP contribution in [0.2, 0.25) is 0 Å². The molecule has 5 N–H and O–H groups in total. The van der Waals surface area contributed by atoms with Crippen LogP contribution in [-0.4, -0.2) is 0 Å². The van der Waals surface area contributed by atoms with E-state index in [9.17, 15) is 0 Å². The molecule has 3 nitrogen and oxygen atoms in total. The van der Waals surface area contributed by atoms with E-state index in [1.165, 1.54) is 11.1 Å². The Bertz CT molecular complexity index is 1510. The predicted molar refractivity (Wildman–Crippen MR) is 219 cm³/mol. The van der Waals surface area contributed by atoms with Crippen molar-refractivity contribution < 1.29 is 46.6 Å². The molecule has 0 heterocycles. The average molecular weight is 873 g/mol. The minimum absolute atomic E-state index is 0. The number of nitrogens with one attached hydrogen (secondary N) is 2. The molecule has 0 aliphatic carbocycles. The molecule has 6 aromatic rings. The molecule has 6 aromatic carbocycles. The second kappa shape index (κ2) is 29.7. The monoisotopic (exact) mass is 871 g/mol. The third kappa shape index (κ3) is 19.7. The van der Waals surface area contributed by atoms with Crippen LogP contribution in [0, 0.1) is 58.1 Å². The second-order valence-electron chi connectivity index (χ2n) is 11.3. The van der Waals surface area contributed by atoms with Crippen LogP contribution in [0.1, 0.15) is 27.7 Å². The predicted octanol–water partition coefficient (Wildman–Crippen LogP) is 13.7. The number of rotatable bonds is 5. The van der Waals surface area contributed by atoms with Gasteiger partial charge in [0.2, 0.25) is 0 Å². The van der Waals surface area contributed by atoms with E-state index in [4.69, 9.17) is 11.5 Å². The Morgan fingerprint density at radius 1 is 0.519 bits per heavy atom. The van der Waals surface area contributed by atoms with E-state index in [-0.39, 0.29) is 48.3 Å². The minimum Gasteiger partial charge on any atom is -0.706 e. The van der Waals surface area contributed by atoms with Gasteiger partial charge in [0, 0.05) is 46.4 Å². The third-order valence-electron chi connectivity index (χ3n) is 7.09. The van der Waals surface area contributed by atoms with Crippen molar-refractivity contribution in [3.8, 4) is 33.4 Å². The molecular formula is C47H53N3Pd2-8. The minimum atomic E-state index is 0. The van der Waals surface area contributed by atoms with Gasteiger partial charge >= 0.3 is 0 Å². The van der Waals surface area contributed by atoms with Crippen molar-refractivity contribution in [2.24, 2.45) is 11.8 Å². The van der Waals surface area contributed by atoms with Crippen molar-refractivity contribution in [2.75, 3.05) is 0 Å². The molecule has 0 saturated carbocycles. The second-order valence-corrected chi connectivity index (χ2v) is 11.3. The van der Waals surface area contributed by atoms with Gasteiger partial charge in [-0.05, 0) is 17.7 Å². The summed E-state index contributed by atoms with van der Waals surface area (Å²) < 4.78 is 0. The Kier molecular flexibility index (Phi) is 28.8. The zero-order valence-electron chi connectivity index (χ0n) is 31.0. The van der Waals surface area contributed by atoms with Crippen LogP contribution in [-0.2, 0) is 40.8 Å². The molecule has 0 fully saturated rings. The van der Waals surface area contributed by atoms with E-state index in [1.54, 1.807) is 12.1 Å². The first kappa shape index (κ1) is 50.3. The fourth-order valence-corrected chi connectivity index (χ4v) is 3.98. The van der Waals surface area contributed by atoms with Crippen molar-refractivity contribution in [2.45, 2.75) is 27.7 Å². The van der Waals surface area contributed by atoms with Crippen molar-refractivity contribution >= 4 is 17.1 Å². The molecule has 0 aromatic heterocycles. The molecule has 0 spiro atoms. The molecule has 0 radical (unpaired) electrons. The van der Waals surface area contributed by atoms with E-state index in [0.29, 0.717) is 23.2 Å². The maximum atomic E-state index is 7.69. The Morgan fingerprint density at radius 3 is 1.17 bits per heavy atom. The molecular weight excluding hydrogens is 819 g/mol. The van der Waals surface area contributed by atoms with Crippen molar-refractivity contribution in [1.82, 2.24) is 0 Å². The van der Waals surface area contributed by atoms with Crippen molar-refractivity contribution in [1.29, 1.82) is 0 Å². The Labute approximate surface area is 343 Å². The van der Waals surface area contributed by atoms with Gasteiger partial charge in [0.1, 0.15) is 5.69 Å². The SMILES string of the molecule is [CH2-]C(C)[CH-]C.[CH2-]C(C)[CH-]C.[CH3-].[NH-]c1ccccc1-c1[c-]cccc1.[NH-]c1ccccc1-c1[c-]cccc1.[NH3+]c1ccccc1-c1ccccc1.[Pd].[Pd]. The van der Waals surface area contributed by atoms with Gasteiger partial charge in [-0.1, -0.05) is 91.0 Å². The van der Waals surface area contributed by atoms with Gasteiger partial charge in [-0.2, -0.15) is 25.2 Å². The molecule has 0 aliphatic rings. The summed E-state index contributed by atoms with van der Waals surface area (Å²) in [4.78, 5) is 0. The average Bonchev–Trinajstić information content (AvgIpc) is 3.14. The van der Waals surface area contributed by atoms with Crippen LogP contribution in [0.5, 0.6) is 0 Å². The van der Waals surface area contributed by atoms with Gasteiger partial charge in [0.15, 0.2) is 0 Å². The fourth-order valence-electron chi connectivity index (χ4n) is 3.98. The molecule has 0 amide bonds. The van der Waals surface area contributed by atoms with Crippen LogP contribution >= 0.6 is 0 Å². The van der Waals surface area contributed by atoms with Gasteiger partial charge in [-0.25, -0.2) is 0 Å². The summed E-state index contributed by atoms with van der Waals surface area (Å²) in [7, 11) is 0. The van der Waals surface area contributed by atoms with E-state index < -0.39 is 0 Å². The maximum absolute atomic E-state index is 7.69. The van der Waals surface area contributed by atoms with Crippen LogP contribution in [0.15, 0.2) is 152 Å². The molecule has 0 bridgehead atoms. The molecule has 284 valence electrons. The van der Waals surface area contributed by atoms with Crippen molar-refractivity contribution in [3.63, 3.8) is 0 Å². The van der Waals surface area contributed by atoms with Gasteiger partial charge in [0.25, 0.3) is 0 Å². The number of hydrogen-bond donors (Lipinski definition) is 1. The summed E-state index contributed by atoms with van der Waals surface area (Å²) in [6.45, 7) is 15.5. The first-order valence-corrected chi connectivity index (χ1v) is 16.4. The largest absolute Gasteiger partial charge is 0.706 e. The summed E-state index contributed by atoms with van der Waals surface area (Å²) in [6, 6.07) is 55.2. The van der Waals surface area contributed by atoms with Crippen LogP contribution in [0.25, 0.3) is 44.8 Å². The van der Waals surface area contributed by atoms with Gasteiger partial charge in [-0.3, -0.25) is 0 Å². The first-order valence-electron chi connectivity index (χ1n) is 16.4. The van der Waals surface area contributed by atoms with Gasteiger partial charge in [-0.15, -0.1) is 96.8 Å². The third-order valence-corrected chi connectivity index (χ3v) is 7.09. The smallest absolute Gasteiger partial charge is 0.135 e. The quantitative estimate of drug-likeness (QED) is 0.132. The number of hydrogen-bond acceptors (Lipinski definition) is 0. The molecule has 0 aliphatic heterocycles. The van der Waals surface area contributed by atoms with Gasteiger partial charge < -0.3 is 63.2 Å². The summed E-state index contributed by atoms with van der Waals surface area (Å²) in [6.07, 6.45) is 4.11. The van der Waals surface area contributed by atoms with Crippen molar-refractivity contribution in [3.05, 3.63) is 209 Å². The molecule has 2 atom stereocenters. The topological polar surface area (TPSA) is 75.2 Å². The summed E-state index contributed by atoms with van der Waals surface area (Å²) >= 11 is 0. The summed E-state index contributed by atoms with van der Waals surface area (Å²) in [5.41, 5.74) is 27.8. The van der Waals surface area contributed by atoms with E-state index in [1.807, 2.05) is 135 Å². The Morgan fingerprint density at radius 2 is 0.846 bits per heavy atom. The van der Waals surface area contributed by atoms with Crippen LogP contribution in [0.4, 0.5) is 17.1 Å². The molecule has 6 rings (SSSR count). The summed E-state index contributed by atoms with van der Waals surface area (Å²) in [5, 5.41) is 0. The number of quaternary nitrogens is 1.